The highest BCUT2D eigenvalue weighted by atomic mass is 16.5. The molecular formula is C27H30N4O3. The highest BCUT2D eigenvalue weighted by Crippen LogP contribution is 2.30. The average Bonchev–Trinajstić information content (AvgIpc) is 3.16. The van der Waals surface area contributed by atoms with Crippen molar-refractivity contribution in [3.63, 3.8) is 0 Å². The molecule has 0 atom stereocenters. The van der Waals surface area contributed by atoms with Crippen LogP contribution in [0.25, 0.3) is 10.9 Å². The van der Waals surface area contributed by atoms with Crippen LogP contribution in [0.15, 0.2) is 73.1 Å². The fourth-order valence-corrected chi connectivity index (χ4v) is 3.77. The number of carbonyl (C=O) groups is 1. The van der Waals surface area contributed by atoms with Crippen LogP contribution in [-0.4, -0.2) is 39.9 Å². The first-order valence-corrected chi connectivity index (χ1v) is 11.3. The molecule has 1 N–H and O–H groups in total. The predicted molar refractivity (Wildman–Crippen MR) is 132 cm³/mol. The van der Waals surface area contributed by atoms with Crippen LogP contribution in [-0.2, 0) is 29.1 Å². The zero-order valence-electron chi connectivity index (χ0n) is 19.8. The summed E-state index contributed by atoms with van der Waals surface area (Å²) in [5.74, 6) is 0.228. The van der Waals surface area contributed by atoms with Crippen LogP contribution in [0.3, 0.4) is 0 Å². The quantitative estimate of drug-likeness (QED) is 0.386. The van der Waals surface area contributed by atoms with E-state index in [-0.39, 0.29) is 5.91 Å². The summed E-state index contributed by atoms with van der Waals surface area (Å²) in [6, 6.07) is 20.1. The molecule has 7 heteroatoms. The summed E-state index contributed by atoms with van der Waals surface area (Å²) in [6.07, 6.45) is 4.24. The van der Waals surface area contributed by atoms with Crippen LogP contribution in [0.5, 0.6) is 5.88 Å². The van der Waals surface area contributed by atoms with Gasteiger partial charge in [0.25, 0.3) is 5.91 Å². The highest BCUT2D eigenvalue weighted by Gasteiger charge is 2.31. The van der Waals surface area contributed by atoms with Crippen molar-refractivity contribution < 1.29 is 14.3 Å². The van der Waals surface area contributed by atoms with E-state index < -0.39 is 5.60 Å². The summed E-state index contributed by atoms with van der Waals surface area (Å²) < 4.78 is 13.4. The molecule has 1 amide bonds. The van der Waals surface area contributed by atoms with Gasteiger partial charge in [0.15, 0.2) is 5.60 Å². The van der Waals surface area contributed by atoms with E-state index in [1.807, 2.05) is 53.2 Å². The first kappa shape index (κ1) is 23.4. The number of amides is 1. The van der Waals surface area contributed by atoms with E-state index in [0.717, 1.165) is 27.6 Å². The number of hydrogen-bond acceptors (Lipinski definition) is 5. The molecule has 0 aliphatic heterocycles. The number of carbonyl (C=O) groups excluding carboxylic acids is 1. The van der Waals surface area contributed by atoms with Crippen molar-refractivity contribution in [2.45, 2.75) is 39.0 Å². The molecule has 2 aromatic heterocycles. The Balaban J connectivity index is 1.54. The number of rotatable bonds is 10. The van der Waals surface area contributed by atoms with Crippen molar-refractivity contribution >= 4 is 16.8 Å². The molecule has 0 saturated heterocycles. The number of fused-ring (bicyclic) bond motifs is 1. The summed E-state index contributed by atoms with van der Waals surface area (Å²) in [6.45, 7) is 5.10. The van der Waals surface area contributed by atoms with Crippen molar-refractivity contribution in [2.75, 3.05) is 13.7 Å². The molecule has 0 radical (unpaired) electrons. The van der Waals surface area contributed by atoms with Gasteiger partial charge >= 0.3 is 0 Å². The van der Waals surface area contributed by atoms with E-state index in [2.05, 4.69) is 22.4 Å². The second kappa shape index (κ2) is 10.5. The number of nitrogens with one attached hydrogen (secondary N) is 1. The molecule has 34 heavy (non-hydrogen) atoms. The lowest BCUT2D eigenvalue weighted by Gasteiger charge is -2.24. The fraction of sp³-hybridized carbons (Fsp3) is 0.296. The van der Waals surface area contributed by atoms with Gasteiger partial charge in [0.2, 0.25) is 5.88 Å². The van der Waals surface area contributed by atoms with Crippen LogP contribution < -0.4 is 10.1 Å². The molecule has 0 aliphatic carbocycles. The lowest BCUT2D eigenvalue weighted by Crippen LogP contribution is -2.47. The summed E-state index contributed by atoms with van der Waals surface area (Å²) in [4.78, 5) is 17.1. The van der Waals surface area contributed by atoms with E-state index in [9.17, 15) is 4.79 Å². The lowest BCUT2D eigenvalue weighted by molar-refractivity contribution is -0.134. The van der Waals surface area contributed by atoms with Gasteiger partial charge in [0.1, 0.15) is 0 Å². The van der Waals surface area contributed by atoms with Gasteiger partial charge in [-0.25, -0.2) is 0 Å². The molecule has 0 fully saturated rings. The molecule has 0 unspecified atom stereocenters. The first-order valence-electron chi connectivity index (χ1n) is 11.3. The summed E-state index contributed by atoms with van der Waals surface area (Å²) in [5.41, 5.74) is 3.04. The monoisotopic (exact) mass is 458 g/mol. The van der Waals surface area contributed by atoms with Gasteiger partial charge in [-0.2, -0.15) is 0 Å². The van der Waals surface area contributed by atoms with E-state index >= 15 is 0 Å². The number of benzene rings is 2. The average molecular weight is 459 g/mol. The molecule has 7 nitrogen and oxygen atoms in total. The molecule has 0 spiro atoms. The van der Waals surface area contributed by atoms with Crippen molar-refractivity contribution in [1.29, 1.82) is 0 Å². The zero-order chi connectivity index (χ0) is 24.0. The smallest absolute Gasteiger partial charge is 0.263 e. The topological polar surface area (TPSA) is 78.3 Å². The number of ether oxygens (including phenoxy) is 2. The largest absolute Gasteiger partial charge is 0.460 e. The minimum atomic E-state index is -1.11. The van der Waals surface area contributed by atoms with Crippen molar-refractivity contribution in [3.8, 4) is 5.88 Å². The molecule has 176 valence electrons. The highest BCUT2D eigenvalue weighted by molar-refractivity contribution is 5.88. The standard InChI is InChI=1S/C27H30N4O3/c1-27(2,26(32)29-15-13-20-10-7-14-28-17-20)34-25-23-16-22(19-33-3)11-12-24(23)31(30-25)18-21-8-5-4-6-9-21/h4-12,14,16-17H,13,15,18-19H2,1-3H3,(H,29,32). The van der Waals surface area contributed by atoms with Crippen molar-refractivity contribution in [2.24, 2.45) is 0 Å². The molecule has 0 saturated carbocycles. The second-order valence-corrected chi connectivity index (χ2v) is 8.71. The van der Waals surface area contributed by atoms with Gasteiger partial charge in [0, 0.05) is 26.0 Å². The van der Waals surface area contributed by atoms with Gasteiger partial charge in [-0.3, -0.25) is 14.5 Å². The summed E-state index contributed by atoms with van der Waals surface area (Å²) in [7, 11) is 1.67. The van der Waals surface area contributed by atoms with Crippen LogP contribution in [0.2, 0.25) is 0 Å². The van der Waals surface area contributed by atoms with Gasteiger partial charge in [-0.1, -0.05) is 42.5 Å². The molecule has 0 aliphatic rings. The number of methoxy groups -OCH3 is 1. The maximum absolute atomic E-state index is 13.0. The Morgan fingerprint density at radius 3 is 2.56 bits per heavy atom. The van der Waals surface area contributed by atoms with E-state index in [4.69, 9.17) is 14.6 Å². The Bertz CT molecular complexity index is 1240. The van der Waals surface area contributed by atoms with Gasteiger partial charge in [-0.05, 0) is 55.2 Å². The van der Waals surface area contributed by atoms with E-state index in [1.54, 1.807) is 33.4 Å². The third-order valence-electron chi connectivity index (χ3n) is 5.59. The number of aromatic nitrogens is 3. The van der Waals surface area contributed by atoms with Gasteiger partial charge in [0.05, 0.1) is 24.1 Å². The Morgan fingerprint density at radius 1 is 1.03 bits per heavy atom. The SMILES string of the molecule is COCc1ccc2c(c1)c(OC(C)(C)C(=O)NCCc1cccnc1)nn2Cc1ccccc1. The van der Waals surface area contributed by atoms with E-state index in [0.29, 0.717) is 32.0 Å². The minimum absolute atomic E-state index is 0.199. The maximum Gasteiger partial charge on any atom is 0.263 e. The normalized spacial score (nSPS) is 11.5. The zero-order valence-corrected chi connectivity index (χ0v) is 19.8. The summed E-state index contributed by atoms with van der Waals surface area (Å²) >= 11 is 0. The second-order valence-electron chi connectivity index (χ2n) is 8.71. The van der Waals surface area contributed by atoms with Crippen LogP contribution in [0.1, 0.15) is 30.5 Å². The van der Waals surface area contributed by atoms with Crippen LogP contribution in [0.4, 0.5) is 0 Å². The third-order valence-corrected chi connectivity index (χ3v) is 5.59. The first-order chi connectivity index (χ1) is 16.5. The molecule has 0 bridgehead atoms. The number of pyridine rings is 1. The fourth-order valence-electron chi connectivity index (χ4n) is 3.77. The Morgan fingerprint density at radius 2 is 1.82 bits per heavy atom. The predicted octanol–water partition coefficient (Wildman–Crippen LogP) is 4.14. The molecule has 4 rings (SSSR count). The molecule has 2 aromatic carbocycles. The number of hydrogen-bond donors (Lipinski definition) is 1. The summed E-state index contributed by atoms with van der Waals surface area (Å²) in [5, 5.41) is 8.57. The third kappa shape index (κ3) is 5.61. The Kier molecular flexibility index (Phi) is 7.23. The maximum atomic E-state index is 13.0. The Labute approximate surface area is 199 Å². The van der Waals surface area contributed by atoms with Crippen LogP contribution >= 0.6 is 0 Å². The van der Waals surface area contributed by atoms with E-state index in [1.165, 1.54) is 0 Å². The molecule has 4 aromatic rings. The molecule has 2 heterocycles. The Hall–Kier alpha value is -3.71. The lowest BCUT2D eigenvalue weighted by atomic mass is 10.1. The van der Waals surface area contributed by atoms with Crippen molar-refractivity contribution in [3.05, 3.63) is 89.7 Å². The van der Waals surface area contributed by atoms with Crippen molar-refractivity contribution in [1.82, 2.24) is 20.1 Å². The van der Waals surface area contributed by atoms with Crippen LogP contribution in [0, 0.1) is 0 Å². The van der Waals surface area contributed by atoms with Gasteiger partial charge < -0.3 is 14.8 Å². The molecular weight excluding hydrogens is 428 g/mol. The van der Waals surface area contributed by atoms with Gasteiger partial charge in [-0.15, -0.1) is 5.10 Å². The minimum Gasteiger partial charge on any atom is -0.460 e. The number of nitrogens with zero attached hydrogens (tertiary/aromatic N) is 3.